The summed E-state index contributed by atoms with van der Waals surface area (Å²) in [4.78, 5) is 10.2. The molecule has 6 heteroatoms. The summed E-state index contributed by atoms with van der Waals surface area (Å²) in [5.41, 5.74) is 0.233. The van der Waals surface area contributed by atoms with Crippen LogP contribution in [0.3, 0.4) is 0 Å². The molecule has 1 aromatic carbocycles. The van der Waals surface area contributed by atoms with E-state index >= 15 is 0 Å². The van der Waals surface area contributed by atoms with Gasteiger partial charge in [0, 0.05) is 17.7 Å². The smallest absolute Gasteiger partial charge is 0.269 e. The van der Waals surface area contributed by atoms with Crippen LogP contribution >= 0.6 is 0 Å². The maximum Gasteiger partial charge on any atom is 0.269 e. The molecule has 17 heavy (non-hydrogen) atoms. The van der Waals surface area contributed by atoms with Crippen LogP contribution in [0.25, 0.3) is 0 Å². The molecule has 0 aliphatic carbocycles. The predicted molar refractivity (Wildman–Crippen MR) is 60.4 cm³/mol. The van der Waals surface area contributed by atoms with Gasteiger partial charge in [-0.2, -0.15) is 0 Å². The fraction of sp³-hybridized carbons (Fsp3) is 0.455. The van der Waals surface area contributed by atoms with Gasteiger partial charge in [0.05, 0.1) is 23.7 Å². The number of rotatable bonds is 3. The van der Waals surface area contributed by atoms with E-state index in [1.54, 1.807) is 12.1 Å². The van der Waals surface area contributed by atoms with E-state index in [0.717, 1.165) is 0 Å². The Bertz CT molecular complexity index is 437. The topological polar surface area (TPSA) is 84.6 Å². The molecule has 1 saturated heterocycles. The van der Waals surface area contributed by atoms with E-state index in [-0.39, 0.29) is 12.3 Å². The average Bonchev–Trinajstić information content (AvgIpc) is 2.73. The third kappa shape index (κ3) is 2.44. The van der Waals surface area contributed by atoms with Gasteiger partial charge < -0.3 is 9.84 Å². The molecule has 92 valence electrons. The van der Waals surface area contributed by atoms with Gasteiger partial charge in [0.15, 0.2) is 0 Å². The summed E-state index contributed by atoms with van der Waals surface area (Å²) in [6.07, 6.45) is -0.410. The van der Waals surface area contributed by atoms with Gasteiger partial charge in [-0.1, -0.05) is 12.1 Å². The number of hydrogen-bond donors (Lipinski definition) is 2. The molecule has 2 N–H and O–H groups in total. The van der Waals surface area contributed by atoms with Crippen molar-refractivity contribution >= 4 is 5.69 Å². The maximum absolute atomic E-state index is 10.7. The molecule has 1 aliphatic heterocycles. The lowest BCUT2D eigenvalue weighted by Gasteiger charge is -2.20. The van der Waals surface area contributed by atoms with Gasteiger partial charge in [-0.25, -0.2) is 0 Å². The van der Waals surface area contributed by atoms with Crippen LogP contribution in [-0.4, -0.2) is 28.8 Å². The molecule has 1 aliphatic rings. The summed E-state index contributed by atoms with van der Waals surface area (Å²) in [5.74, 6) is 0. The van der Waals surface area contributed by atoms with Gasteiger partial charge in [0.25, 0.3) is 5.69 Å². The molecule has 0 bridgehead atoms. The molecule has 2 rings (SSSR count). The monoisotopic (exact) mass is 238 g/mol. The molecule has 0 radical (unpaired) electrons. The fourth-order valence-corrected chi connectivity index (χ4v) is 1.74. The molecule has 1 fully saturated rings. The first-order chi connectivity index (χ1) is 8.04. The molecular weight excluding hydrogens is 224 g/mol. The lowest BCUT2D eigenvalue weighted by Crippen LogP contribution is -2.43. The highest BCUT2D eigenvalue weighted by Gasteiger charge is 2.35. The number of benzene rings is 1. The van der Waals surface area contributed by atoms with Crippen LogP contribution in [-0.2, 0) is 4.74 Å². The van der Waals surface area contributed by atoms with Crippen molar-refractivity contribution < 1.29 is 14.8 Å². The van der Waals surface area contributed by atoms with Crippen LogP contribution in [0.2, 0.25) is 0 Å². The number of hydrogen-bond acceptors (Lipinski definition) is 5. The SMILES string of the molecule is CC1(CO)COC(c2cccc([N+](=O)[O-])c2)N1. The number of ether oxygens (including phenoxy) is 1. The van der Waals surface area contributed by atoms with Gasteiger partial charge in [0.1, 0.15) is 6.23 Å². The molecule has 2 unspecified atom stereocenters. The van der Waals surface area contributed by atoms with Crippen molar-refractivity contribution in [1.29, 1.82) is 0 Å². The number of nitrogens with zero attached hydrogens (tertiary/aromatic N) is 1. The highest BCUT2D eigenvalue weighted by atomic mass is 16.6. The predicted octanol–water partition coefficient (Wildman–Crippen LogP) is 0.964. The zero-order valence-electron chi connectivity index (χ0n) is 9.42. The second-order valence-electron chi connectivity index (χ2n) is 4.41. The van der Waals surface area contributed by atoms with Gasteiger partial charge in [0.2, 0.25) is 0 Å². The van der Waals surface area contributed by atoms with Gasteiger partial charge in [-0.3, -0.25) is 15.4 Å². The Hall–Kier alpha value is -1.50. The quantitative estimate of drug-likeness (QED) is 0.605. The first-order valence-electron chi connectivity index (χ1n) is 5.29. The lowest BCUT2D eigenvalue weighted by molar-refractivity contribution is -0.385. The Morgan fingerprint density at radius 1 is 1.71 bits per heavy atom. The third-order valence-corrected chi connectivity index (χ3v) is 2.78. The number of aliphatic hydroxyl groups is 1. The van der Waals surface area contributed by atoms with Crippen molar-refractivity contribution in [2.24, 2.45) is 0 Å². The van der Waals surface area contributed by atoms with Crippen LogP contribution in [0.5, 0.6) is 0 Å². The molecule has 0 aromatic heterocycles. The Labute approximate surface area is 98.4 Å². The number of aliphatic hydroxyl groups excluding tert-OH is 1. The van der Waals surface area contributed by atoms with Crippen LogP contribution in [0, 0.1) is 10.1 Å². The van der Waals surface area contributed by atoms with Crippen molar-refractivity contribution in [3.05, 3.63) is 39.9 Å². The fourth-order valence-electron chi connectivity index (χ4n) is 1.74. The van der Waals surface area contributed by atoms with Gasteiger partial charge in [-0.05, 0) is 6.92 Å². The minimum absolute atomic E-state index is 0.0329. The molecule has 0 spiro atoms. The van der Waals surface area contributed by atoms with E-state index in [2.05, 4.69) is 5.32 Å². The van der Waals surface area contributed by atoms with E-state index in [0.29, 0.717) is 12.2 Å². The number of nitrogens with one attached hydrogen (secondary N) is 1. The molecule has 2 atom stereocenters. The highest BCUT2D eigenvalue weighted by molar-refractivity contribution is 5.35. The number of nitro benzene ring substituents is 1. The lowest BCUT2D eigenvalue weighted by atomic mass is 10.1. The van der Waals surface area contributed by atoms with Crippen LogP contribution < -0.4 is 5.32 Å². The highest BCUT2D eigenvalue weighted by Crippen LogP contribution is 2.27. The standard InChI is InChI=1S/C11H14N2O4/c1-11(6-14)7-17-10(12-11)8-3-2-4-9(5-8)13(15)16/h2-5,10,12,14H,6-7H2,1H3. The van der Waals surface area contributed by atoms with Gasteiger partial charge in [-0.15, -0.1) is 0 Å². The van der Waals surface area contributed by atoms with Crippen molar-refractivity contribution in [3.63, 3.8) is 0 Å². The largest absolute Gasteiger partial charge is 0.394 e. The summed E-state index contributed by atoms with van der Waals surface area (Å²) >= 11 is 0. The van der Waals surface area contributed by atoms with E-state index in [4.69, 9.17) is 4.74 Å². The molecule has 1 aromatic rings. The Morgan fingerprint density at radius 3 is 3.06 bits per heavy atom. The molecule has 6 nitrogen and oxygen atoms in total. The second kappa shape index (κ2) is 4.40. The molecular formula is C11H14N2O4. The maximum atomic E-state index is 10.7. The number of nitro groups is 1. The number of non-ortho nitro benzene ring substituents is 1. The van der Waals surface area contributed by atoms with E-state index in [1.807, 2.05) is 6.92 Å². The van der Waals surface area contributed by atoms with E-state index in [9.17, 15) is 15.2 Å². The summed E-state index contributed by atoms with van der Waals surface area (Å²) in [6.45, 7) is 2.17. The first-order valence-corrected chi connectivity index (χ1v) is 5.29. The van der Waals surface area contributed by atoms with Crippen molar-refractivity contribution in [2.75, 3.05) is 13.2 Å². The van der Waals surface area contributed by atoms with Crippen LogP contribution in [0.1, 0.15) is 18.7 Å². The summed E-state index contributed by atoms with van der Waals surface area (Å²) in [5, 5.41) is 22.9. The van der Waals surface area contributed by atoms with Crippen LogP contribution in [0.15, 0.2) is 24.3 Å². The second-order valence-corrected chi connectivity index (χ2v) is 4.41. The molecule has 1 heterocycles. The minimum atomic E-state index is -0.491. The van der Waals surface area contributed by atoms with Gasteiger partial charge >= 0.3 is 0 Å². The third-order valence-electron chi connectivity index (χ3n) is 2.78. The van der Waals surface area contributed by atoms with Crippen LogP contribution in [0.4, 0.5) is 5.69 Å². The normalized spacial score (nSPS) is 28.2. The van der Waals surface area contributed by atoms with E-state index in [1.165, 1.54) is 12.1 Å². The van der Waals surface area contributed by atoms with Crippen molar-refractivity contribution in [1.82, 2.24) is 5.32 Å². The van der Waals surface area contributed by atoms with Crippen molar-refractivity contribution in [3.8, 4) is 0 Å². The van der Waals surface area contributed by atoms with Crippen molar-refractivity contribution in [2.45, 2.75) is 18.7 Å². The zero-order chi connectivity index (χ0) is 12.5. The molecule has 0 amide bonds. The Kier molecular flexibility index (Phi) is 3.10. The first kappa shape index (κ1) is 12.0. The Balaban J connectivity index is 2.19. The minimum Gasteiger partial charge on any atom is -0.394 e. The summed E-state index contributed by atoms with van der Waals surface area (Å²) < 4.78 is 5.49. The summed E-state index contributed by atoms with van der Waals surface area (Å²) in [7, 11) is 0. The van der Waals surface area contributed by atoms with E-state index < -0.39 is 16.7 Å². The summed E-state index contributed by atoms with van der Waals surface area (Å²) in [6, 6.07) is 6.28. The molecule has 0 saturated carbocycles. The zero-order valence-corrected chi connectivity index (χ0v) is 9.42. The Morgan fingerprint density at radius 2 is 2.47 bits per heavy atom. The average molecular weight is 238 g/mol.